The summed E-state index contributed by atoms with van der Waals surface area (Å²) in [7, 11) is -1.25. The molecule has 0 spiro atoms. The smallest absolute Gasteiger partial charge is 0.263 e. The lowest BCUT2D eigenvalue weighted by molar-refractivity contribution is -0.0461. The second-order valence-electron chi connectivity index (χ2n) is 10.6. The Labute approximate surface area is 216 Å². The van der Waals surface area contributed by atoms with Crippen LogP contribution >= 0.6 is 11.3 Å². The van der Waals surface area contributed by atoms with E-state index >= 15 is 0 Å². The molecule has 0 radical (unpaired) electrons. The molecule has 190 valence electrons. The average Bonchev–Trinajstić information content (AvgIpc) is 3.52. The Morgan fingerprint density at radius 1 is 1.19 bits per heavy atom. The van der Waals surface area contributed by atoms with Crippen LogP contribution in [0.3, 0.4) is 0 Å². The number of pyridine rings is 1. The van der Waals surface area contributed by atoms with E-state index in [9.17, 15) is 4.79 Å². The van der Waals surface area contributed by atoms with Crippen molar-refractivity contribution in [1.82, 2.24) is 14.5 Å². The topological polar surface area (TPSA) is 75.5 Å². The van der Waals surface area contributed by atoms with Gasteiger partial charge in [0.2, 0.25) is 0 Å². The zero-order valence-corrected chi connectivity index (χ0v) is 23.2. The largest absolute Gasteiger partial charge is 0.361 e. The van der Waals surface area contributed by atoms with Crippen molar-refractivity contribution in [3.63, 3.8) is 0 Å². The molecule has 1 aliphatic rings. The molecule has 7 nitrogen and oxygen atoms in total. The third-order valence-corrected chi connectivity index (χ3v) is 9.03. The van der Waals surface area contributed by atoms with E-state index in [1.54, 1.807) is 15.9 Å². The van der Waals surface area contributed by atoms with Crippen LogP contribution in [0.5, 0.6) is 0 Å². The van der Waals surface area contributed by atoms with Gasteiger partial charge in [0.15, 0.2) is 12.1 Å². The van der Waals surface area contributed by atoms with Crippen molar-refractivity contribution >= 4 is 40.4 Å². The summed E-state index contributed by atoms with van der Waals surface area (Å²) >= 11 is 1.65. The number of benzene rings is 1. The second kappa shape index (κ2) is 10.5. The normalized spacial score (nSPS) is 14.9. The number of fused-ring (bicyclic) bond motifs is 2. The van der Waals surface area contributed by atoms with Crippen LogP contribution in [-0.4, -0.2) is 48.7 Å². The van der Waals surface area contributed by atoms with E-state index in [2.05, 4.69) is 36.8 Å². The second-order valence-corrected chi connectivity index (χ2v) is 17.1. The molecule has 5 rings (SSSR count). The molecule has 36 heavy (non-hydrogen) atoms. The number of thiophene rings is 1. The molecule has 1 fully saturated rings. The summed E-state index contributed by atoms with van der Waals surface area (Å²) in [5.41, 5.74) is 3.33. The van der Waals surface area contributed by atoms with Crippen LogP contribution in [0, 0.1) is 6.92 Å². The van der Waals surface area contributed by atoms with Gasteiger partial charge in [0.1, 0.15) is 12.4 Å². The van der Waals surface area contributed by atoms with Crippen LogP contribution < -0.4 is 5.56 Å². The summed E-state index contributed by atoms with van der Waals surface area (Å²) in [5.74, 6) is 0.539. The van der Waals surface area contributed by atoms with Crippen molar-refractivity contribution in [3.05, 3.63) is 57.3 Å². The highest BCUT2D eigenvalue weighted by molar-refractivity contribution is 7.17. The number of aromatic nitrogens is 3. The van der Waals surface area contributed by atoms with Gasteiger partial charge in [-0.25, -0.2) is 4.98 Å². The van der Waals surface area contributed by atoms with E-state index in [0.29, 0.717) is 42.2 Å². The molecule has 4 heterocycles. The Morgan fingerprint density at radius 3 is 2.78 bits per heavy atom. The predicted molar refractivity (Wildman–Crippen MR) is 147 cm³/mol. The van der Waals surface area contributed by atoms with Crippen LogP contribution in [0.15, 0.2) is 40.6 Å². The van der Waals surface area contributed by atoms with E-state index < -0.39 is 8.07 Å². The van der Waals surface area contributed by atoms with Gasteiger partial charge in [-0.3, -0.25) is 14.3 Å². The number of hydrogen-bond donors (Lipinski definition) is 0. The fourth-order valence-corrected chi connectivity index (χ4v) is 5.91. The maximum atomic E-state index is 13.9. The first kappa shape index (κ1) is 25.2. The third-order valence-electron chi connectivity index (χ3n) is 6.45. The molecule has 0 bridgehead atoms. The van der Waals surface area contributed by atoms with Gasteiger partial charge < -0.3 is 14.2 Å². The lowest BCUT2D eigenvalue weighted by Crippen LogP contribution is -2.27. The highest BCUT2D eigenvalue weighted by atomic mass is 32.1. The Balaban J connectivity index is 1.54. The summed E-state index contributed by atoms with van der Waals surface area (Å²) in [6, 6.07) is 9.17. The molecular formula is C27H33N3O4SSi. The molecule has 0 atom stereocenters. The molecule has 3 aromatic heterocycles. The summed E-state index contributed by atoms with van der Waals surface area (Å²) in [5, 5.41) is 3.74. The predicted octanol–water partition coefficient (Wildman–Crippen LogP) is 5.60. The maximum absolute atomic E-state index is 13.9. The van der Waals surface area contributed by atoms with Gasteiger partial charge in [0.25, 0.3) is 5.56 Å². The van der Waals surface area contributed by atoms with E-state index in [0.717, 1.165) is 40.1 Å². The molecule has 9 heteroatoms. The molecule has 0 unspecified atom stereocenters. The molecule has 0 N–H and O–H groups in total. The molecular weight excluding hydrogens is 490 g/mol. The Kier molecular flexibility index (Phi) is 7.36. The fraction of sp³-hybridized carbons (Fsp3) is 0.444. The third kappa shape index (κ3) is 5.60. The molecule has 0 aliphatic carbocycles. The number of ether oxygens (including phenoxy) is 3. The van der Waals surface area contributed by atoms with Gasteiger partial charge in [-0.05, 0) is 59.5 Å². The van der Waals surface area contributed by atoms with Crippen LogP contribution in [0.2, 0.25) is 25.7 Å². The Bertz CT molecular complexity index is 1440. The van der Waals surface area contributed by atoms with Gasteiger partial charge in [-0.2, -0.15) is 0 Å². The summed E-state index contributed by atoms with van der Waals surface area (Å²) in [6.07, 6.45) is 3.21. The highest BCUT2D eigenvalue weighted by Crippen LogP contribution is 2.27. The molecule has 0 saturated carbocycles. The number of nitrogens with zero attached hydrogens (tertiary/aromatic N) is 3. The van der Waals surface area contributed by atoms with Crippen LogP contribution in [0.25, 0.3) is 32.5 Å². The zero-order valence-electron chi connectivity index (χ0n) is 21.4. The number of rotatable bonds is 9. The molecule has 1 aromatic carbocycles. The van der Waals surface area contributed by atoms with Gasteiger partial charge in [-0.1, -0.05) is 25.7 Å². The van der Waals surface area contributed by atoms with Crippen molar-refractivity contribution in [2.75, 3.05) is 19.8 Å². The Hall–Kier alpha value is -2.43. The van der Waals surface area contributed by atoms with Crippen LogP contribution in [-0.2, 0) is 27.4 Å². The van der Waals surface area contributed by atoms with Crippen molar-refractivity contribution in [2.24, 2.45) is 0 Å². The van der Waals surface area contributed by atoms with Crippen LogP contribution in [0.1, 0.15) is 17.5 Å². The lowest BCUT2D eigenvalue weighted by atomic mass is 10.0. The quantitative estimate of drug-likeness (QED) is 0.210. The lowest BCUT2D eigenvalue weighted by Gasteiger charge is -2.18. The Morgan fingerprint density at radius 2 is 2.00 bits per heavy atom. The van der Waals surface area contributed by atoms with Crippen molar-refractivity contribution in [3.8, 4) is 11.5 Å². The summed E-state index contributed by atoms with van der Waals surface area (Å²) < 4.78 is 19.9. The van der Waals surface area contributed by atoms with Crippen LogP contribution in [0.4, 0.5) is 0 Å². The van der Waals surface area contributed by atoms with Gasteiger partial charge in [-0.15, -0.1) is 11.3 Å². The van der Waals surface area contributed by atoms with Gasteiger partial charge in [0, 0.05) is 27.3 Å². The number of hydrogen-bond acceptors (Lipinski definition) is 7. The standard InChI is InChI=1S/C27H33N3O4SSi/c1-18-13-19(5-6-24-33-8-9-34-24)14-21-25(18)29-26(22-15-20-7-11-35-23(20)16-28-22)30(27(21)31)17-32-10-12-36(2,3)4/h7,11,13-16,24H,5-6,8-10,12,17H2,1-4H3. The first-order valence-electron chi connectivity index (χ1n) is 12.5. The first-order chi connectivity index (χ1) is 17.3. The molecule has 4 aromatic rings. The van der Waals surface area contributed by atoms with E-state index in [1.165, 1.54) is 0 Å². The molecule has 0 amide bonds. The molecule has 1 saturated heterocycles. The minimum absolute atomic E-state index is 0.103. The van der Waals surface area contributed by atoms with Crippen molar-refractivity contribution < 1.29 is 14.2 Å². The van der Waals surface area contributed by atoms with E-state index in [-0.39, 0.29) is 18.6 Å². The van der Waals surface area contributed by atoms with Gasteiger partial charge in [0.05, 0.1) is 28.8 Å². The van der Waals surface area contributed by atoms with Gasteiger partial charge >= 0.3 is 0 Å². The average molecular weight is 524 g/mol. The monoisotopic (exact) mass is 523 g/mol. The van der Waals surface area contributed by atoms with E-state index in [1.807, 2.05) is 30.6 Å². The van der Waals surface area contributed by atoms with Crippen molar-refractivity contribution in [1.29, 1.82) is 0 Å². The SMILES string of the molecule is Cc1cc(CCC2OCCO2)cc2c(=O)n(COCC[Si](C)(C)C)c(-c3cc4ccsc4cn3)nc12. The minimum atomic E-state index is -1.25. The van der Waals surface area contributed by atoms with E-state index in [4.69, 9.17) is 19.2 Å². The molecule has 1 aliphatic heterocycles. The zero-order chi connectivity index (χ0) is 25.3. The summed E-state index contributed by atoms with van der Waals surface area (Å²) in [4.78, 5) is 23.5. The van der Waals surface area contributed by atoms with Crippen molar-refractivity contribution in [2.45, 2.75) is 58.5 Å². The maximum Gasteiger partial charge on any atom is 0.263 e. The number of aryl methyl sites for hydroxylation is 2. The fourth-order valence-electron chi connectivity index (χ4n) is 4.42. The summed E-state index contributed by atoms with van der Waals surface area (Å²) in [6.45, 7) is 11.0. The highest BCUT2D eigenvalue weighted by Gasteiger charge is 2.19. The first-order valence-corrected chi connectivity index (χ1v) is 17.1. The minimum Gasteiger partial charge on any atom is -0.361 e.